The number of aromatic nitrogens is 2. The quantitative estimate of drug-likeness (QED) is 0.233. The number of nitrogens with one attached hydrogen (secondary N) is 2. The zero-order chi connectivity index (χ0) is 18.2. The highest BCUT2D eigenvalue weighted by Gasteiger charge is 2.02. The van der Waals surface area contributed by atoms with E-state index in [2.05, 4.69) is 31.2 Å². The second kappa shape index (κ2) is 10.9. The molecule has 0 atom stereocenters. The highest BCUT2D eigenvalue weighted by atomic mass is 127. The largest absolute Gasteiger partial charge is 0.357 e. The van der Waals surface area contributed by atoms with Crippen molar-refractivity contribution in [2.45, 2.75) is 26.4 Å². The van der Waals surface area contributed by atoms with Gasteiger partial charge >= 0.3 is 0 Å². The predicted molar refractivity (Wildman–Crippen MR) is 119 cm³/mol. The van der Waals surface area contributed by atoms with E-state index in [1.165, 1.54) is 12.1 Å². The van der Waals surface area contributed by atoms with Crippen molar-refractivity contribution in [2.24, 2.45) is 4.99 Å². The van der Waals surface area contributed by atoms with E-state index < -0.39 is 0 Å². The Bertz CT molecular complexity index is 877. The van der Waals surface area contributed by atoms with Crippen LogP contribution in [0.1, 0.15) is 18.9 Å². The molecule has 7 heteroatoms. The molecule has 1 aromatic heterocycles. The van der Waals surface area contributed by atoms with Crippen LogP contribution in [0.3, 0.4) is 0 Å². The summed E-state index contributed by atoms with van der Waals surface area (Å²) in [5.41, 5.74) is 3.02. The molecule has 0 fully saturated rings. The van der Waals surface area contributed by atoms with Crippen LogP contribution in [0.25, 0.3) is 11.0 Å². The molecule has 2 aromatic carbocycles. The molecule has 0 saturated heterocycles. The van der Waals surface area contributed by atoms with E-state index >= 15 is 0 Å². The fourth-order valence-electron chi connectivity index (χ4n) is 2.79. The summed E-state index contributed by atoms with van der Waals surface area (Å²) in [5.74, 6) is 0.510. The smallest absolute Gasteiger partial charge is 0.191 e. The summed E-state index contributed by atoms with van der Waals surface area (Å²) in [7, 11) is 0. The van der Waals surface area contributed by atoms with Gasteiger partial charge in [0.15, 0.2) is 5.96 Å². The first-order chi connectivity index (χ1) is 12.8. The molecular weight excluding hydrogens is 456 g/mol. The number of hydrogen-bond donors (Lipinski definition) is 2. The van der Waals surface area contributed by atoms with Gasteiger partial charge in [-0.1, -0.05) is 24.3 Å². The molecule has 0 amide bonds. The topological polar surface area (TPSA) is 54.2 Å². The van der Waals surface area contributed by atoms with Gasteiger partial charge in [0.25, 0.3) is 0 Å². The van der Waals surface area contributed by atoms with Crippen LogP contribution in [0.2, 0.25) is 0 Å². The molecule has 5 nitrogen and oxygen atoms in total. The molecule has 0 aliphatic carbocycles. The van der Waals surface area contributed by atoms with Gasteiger partial charge in [-0.05, 0) is 43.2 Å². The van der Waals surface area contributed by atoms with E-state index in [1.807, 2.05) is 37.5 Å². The lowest BCUT2D eigenvalue weighted by atomic mass is 10.2. The third-order valence-corrected chi connectivity index (χ3v) is 4.05. The third kappa shape index (κ3) is 6.20. The number of aryl methyl sites for hydroxylation is 1. The van der Waals surface area contributed by atoms with Gasteiger partial charge in [-0.15, -0.1) is 24.0 Å². The van der Waals surface area contributed by atoms with Crippen LogP contribution in [0.4, 0.5) is 4.39 Å². The summed E-state index contributed by atoms with van der Waals surface area (Å²) in [4.78, 5) is 8.93. The average molecular weight is 481 g/mol. The average Bonchev–Trinajstić information content (AvgIpc) is 3.06. The summed E-state index contributed by atoms with van der Waals surface area (Å²) < 4.78 is 15.4. The van der Waals surface area contributed by atoms with Crippen LogP contribution >= 0.6 is 24.0 Å². The maximum absolute atomic E-state index is 13.2. The zero-order valence-electron chi connectivity index (χ0n) is 15.4. The summed E-state index contributed by atoms with van der Waals surface area (Å²) in [5, 5.41) is 6.54. The van der Waals surface area contributed by atoms with Crippen LogP contribution in [-0.2, 0) is 13.1 Å². The number of nitrogens with zero attached hydrogens (tertiary/aromatic N) is 3. The number of hydrogen-bond acceptors (Lipinski definition) is 2. The van der Waals surface area contributed by atoms with Crippen molar-refractivity contribution in [1.82, 2.24) is 20.2 Å². The molecule has 0 aliphatic rings. The van der Waals surface area contributed by atoms with Gasteiger partial charge in [-0.25, -0.2) is 14.4 Å². The van der Waals surface area contributed by atoms with E-state index in [0.717, 1.165) is 48.6 Å². The number of benzene rings is 2. The number of imidazole rings is 1. The monoisotopic (exact) mass is 481 g/mol. The summed E-state index contributed by atoms with van der Waals surface area (Å²) in [6.07, 6.45) is 2.83. The highest BCUT2D eigenvalue weighted by Crippen LogP contribution is 2.11. The standard InChI is InChI=1S/C20H24FN5.HI/c1-2-22-20(24-14-16-7-5-8-17(21)13-16)23-11-6-12-26-15-25-18-9-3-4-10-19(18)26;/h3-5,7-10,13,15H,2,6,11-12,14H2,1H3,(H2,22,23,24);1H. The van der Waals surface area contributed by atoms with Crippen molar-refractivity contribution in [1.29, 1.82) is 0 Å². The van der Waals surface area contributed by atoms with Gasteiger partial charge < -0.3 is 15.2 Å². The fraction of sp³-hybridized carbons (Fsp3) is 0.300. The summed E-state index contributed by atoms with van der Waals surface area (Å²) >= 11 is 0. The SMILES string of the molecule is CCNC(=NCc1cccc(F)c1)NCCCn1cnc2ccccc21.I. The summed E-state index contributed by atoms with van der Waals surface area (Å²) in [6, 6.07) is 14.7. The third-order valence-electron chi connectivity index (χ3n) is 4.05. The predicted octanol–water partition coefficient (Wildman–Crippen LogP) is 3.94. The molecule has 2 N–H and O–H groups in total. The minimum atomic E-state index is -0.233. The van der Waals surface area contributed by atoms with E-state index in [9.17, 15) is 4.39 Å². The van der Waals surface area contributed by atoms with Crippen molar-refractivity contribution >= 4 is 41.0 Å². The molecule has 0 spiro atoms. The Morgan fingerprint density at radius 2 is 2.00 bits per heavy atom. The second-order valence-electron chi connectivity index (χ2n) is 6.03. The van der Waals surface area contributed by atoms with Gasteiger partial charge in [0, 0.05) is 19.6 Å². The lowest BCUT2D eigenvalue weighted by molar-refractivity contribution is 0.625. The molecular formula is C20H25FIN5. The van der Waals surface area contributed by atoms with Crippen LogP contribution < -0.4 is 10.6 Å². The molecule has 3 rings (SSSR count). The Morgan fingerprint density at radius 3 is 2.81 bits per heavy atom. The number of halogens is 2. The van der Waals surface area contributed by atoms with E-state index in [4.69, 9.17) is 0 Å². The van der Waals surface area contributed by atoms with Crippen molar-refractivity contribution < 1.29 is 4.39 Å². The molecule has 144 valence electrons. The van der Waals surface area contributed by atoms with Crippen LogP contribution in [0.15, 0.2) is 59.9 Å². The van der Waals surface area contributed by atoms with Gasteiger partial charge in [-0.3, -0.25) is 0 Å². The molecule has 0 radical (unpaired) electrons. The van der Waals surface area contributed by atoms with Gasteiger partial charge in [0.05, 0.1) is 23.9 Å². The van der Waals surface area contributed by atoms with Gasteiger partial charge in [0.1, 0.15) is 5.82 Å². The number of rotatable bonds is 7. The zero-order valence-corrected chi connectivity index (χ0v) is 17.7. The van der Waals surface area contributed by atoms with Crippen molar-refractivity contribution in [3.8, 4) is 0 Å². The minimum Gasteiger partial charge on any atom is -0.357 e. The summed E-state index contributed by atoms with van der Waals surface area (Å²) in [6.45, 7) is 4.93. The lowest BCUT2D eigenvalue weighted by Gasteiger charge is -2.12. The lowest BCUT2D eigenvalue weighted by Crippen LogP contribution is -2.38. The Hall–Kier alpha value is -2.16. The Labute approximate surface area is 176 Å². The minimum absolute atomic E-state index is 0. The molecule has 0 unspecified atom stereocenters. The fourth-order valence-corrected chi connectivity index (χ4v) is 2.79. The first-order valence-electron chi connectivity index (χ1n) is 8.93. The van der Waals surface area contributed by atoms with Gasteiger partial charge in [0.2, 0.25) is 0 Å². The number of aliphatic imine (C=N–C) groups is 1. The molecule has 3 aromatic rings. The highest BCUT2D eigenvalue weighted by molar-refractivity contribution is 14.0. The number of guanidine groups is 1. The van der Waals surface area contributed by atoms with Gasteiger partial charge in [-0.2, -0.15) is 0 Å². The molecule has 0 bridgehead atoms. The first-order valence-corrected chi connectivity index (χ1v) is 8.93. The molecule has 0 saturated carbocycles. The Kier molecular flexibility index (Phi) is 8.50. The van der Waals surface area contributed by atoms with Crippen LogP contribution in [-0.4, -0.2) is 28.6 Å². The number of para-hydroxylation sites is 2. The molecule has 0 aliphatic heterocycles. The molecule has 27 heavy (non-hydrogen) atoms. The van der Waals surface area contributed by atoms with Crippen molar-refractivity contribution in [3.63, 3.8) is 0 Å². The maximum atomic E-state index is 13.2. The van der Waals surface area contributed by atoms with E-state index in [1.54, 1.807) is 6.07 Å². The van der Waals surface area contributed by atoms with E-state index in [0.29, 0.717) is 6.54 Å². The maximum Gasteiger partial charge on any atom is 0.191 e. The van der Waals surface area contributed by atoms with Crippen molar-refractivity contribution in [2.75, 3.05) is 13.1 Å². The second-order valence-corrected chi connectivity index (χ2v) is 6.03. The van der Waals surface area contributed by atoms with Crippen LogP contribution in [0.5, 0.6) is 0 Å². The Morgan fingerprint density at radius 1 is 1.15 bits per heavy atom. The Balaban J connectivity index is 0.00000261. The first kappa shape index (κ1) is 21.1. The normalized spacial score (nSPS) is 11.3. The number of fused-ring (bicyclic) bond motifs is 1. The van der Waals surface area contributed by atoms with Crippen molar-refractivity contribution in [3.05, 3.63) is 66.2 Å². The van der Waals surface area contributed by atoms with Crippen LogP contribution in [0, 0.1) is 5.82 Å². The molecule has 1 heterocycles. The van der Waals surface area contributed by atoms with E-state index in [-0.39, 0.29) is 29.8 Å².